The highest BCUT2D eigenvalue weighted by atomic mass is 32.1. The van der Waals surface area contributed by atoms with Crippen LogP contribution >= 0.6 is 11.3 Å². The van der Waals surface area contributed by atoms with Crippen molar-refractivity contribution in [1.82, 2.24) is 14.8 Å². The quantitative estimate of drug-likeness (QED) is 0.883. The second-order valence-corrected chi connectivity index (χ2v) is 5.86. The molecule has 116 valence electrons. The van der Waals surface area contributed by atoms with Gasteiger partial charge in [-0.25, -0.2) is 9.78 Å². The number of amides is 2. The zero-order chi connectivity index (χ0) is 15.2. The van der Waals surface area contributed by atoms with E-state index in [0.717, 1.165) is 18.2 Å². The third-order valence-corrected chi connectivity index (χ3v) is 4.28. The van der Waals surface area contributed by atoms with Gasteiger partial charge in [-0.05, 0) is 6.42 Å². The molecule has 1 aromatic rings. The van der Waals surface area contributed by atoms with Crippen molar-refractivity contribution < 1.29 is 14.7 Å². The number of rotatable bonds is 5. The molecule has 1 N–H and O–H groups in total. The first kappa shape index (κ1) is 15.6. The number of urea groups is 1. The van der Waals surface area contributed by atoms with Gasteiger partial charge in [0.2, 0.25) is 0 Å². The molecular formula is C13H20N4O3S. The van der Waals surface area contributed by atoms with Crippen LogP contribution < -0.4 is 4.90 Å². The molecule has 21 heavy (non-hydrogen) atoms. The normalized spacial score (nSPS) is 15.1. The van der Waals surface area contributed by atoms with E-state index < -0.39 is 5.97 Å². The highest BCUT2D eigenvalue weighted by molar-refractivity contribution is 7.13. The number of nitrogens with zero attached hydrogens (tertiary/aromatic N) is 4. The fourth-order valence-corrected chi connectivity index (χ4v) is 2.96. The van der Waals surface area contributed by atoms with Gasteiger partial charge in [0.15, 0.2) is 5.13 Å². The van der Waals surface area contributed by atoms with E-state index in [0.29, 0.717) is 26.1 Å². The van der Waals surface area contributed by atoms with Gasteiger partial charge in [0.1, 0.15) is 0 Å². The molecule has 0 unspecified atom stereocenters. The minimum Gasteiger partial charge on any atom is -0.481 e. The van der Waals surface area contributed by atoms with E-state index >= 15 is 0 Å². The van der Waals surface area contributed by atoms with Crippen molar-refractivity contribution in [3.8, 4) is 0 Å². The smallest absolute Gasteiger partial charge is 0.319 e. The van der Waals surface area contributed by atoms with Crippen molar-refractivity contribution in [2.24, 2.45) is 0 Å². The molecule has 1 fully saturated rings. The van der Waals surface area contributed by atoms with Crippen molar-refractivity contribution in [3.63, 3.8) is 0 Å². The summed E-state index contributed by atoms with van der Waals surface area (Å²) in [7, 11) is 1.72. The third-order valence-electron chi connectivity index (χ3n) is 3.45. The van der Waals surface area contributed by atoms with E-state index in [1.54, 1.807) is 29.5 Å². The first-order valence-corrected chi connectivity index (χ1v) is 7.82. The fourth-order valence-electron chi connectivity index (χ4n) is 2.27. The third kappa shape index (κ3) is 4.32. The molecule has 0 aliphatic carbocycles. The summed E-state index contributed by atoms with van der Waals surface area (Å²) >= 11 is 1.60. The van der Waals surface area contributed by atoms with E-state index in [-0.39, 0.29) is 12.5 Å². The van der Waals surface area contributed by atoms with Crippen LogP contribution in [0.2, 0.25) is 0 Å². The average Bonchev–Trinajstić information content (AvgIpc) is 3.00. The number of carbonyl (C=O) groups is 2. The molecule has 0 saturated carbocycles. The number of aromatic nitrogens is 1. The lowest BCUT2D eigenvalue weighted by Gasteiger charge is -2.36. The van der Waals surface area contributed by atoms with Gasteiger partial charge >= 0.3 is 12.0 Å². The summed E-state index contributed by atoms with van der Waals surface area (Å²) in [6, 6.07) is -0.0285. The summed E-state index contributed by atoms with van der Waals surface area (Å²) in [5, 5.41) is 11.6. The molecule has 0 radical (unpaired) electrons. The Balaban J connectivity index is 1.76. The van der Waals surface area contributed by atoms with E-state index in [9.17, 15) is 9.59 Å². The number of aliphatic carboxylic acids is 1. The zero-order valence-corrected chi connectivity index (χ0v) is 12.9. The minimum absolute atomic E-state index is 0.0285. The van der Waals surface area contributed by atoms with E-state index in [1.807, 2.05) is 10.3 Å². The van der Waals surface area contributed by atoms with Crippen molar-refractivity contribution in [2.45, 2.75) is 12.8 Å². The monoisotopic (exact) mass is 312 g/mol. The highest BCUT2D eigenvalue weighted by Crippen LogP contribution is 2.19. The Labute approximate surface area is 127 Å². The summed E-state index contributed by atoms with van der Waals surface area (Å²) in [6.07, 6.45) is 2.36. The van der Waals surface area contributed by atoms with Crippen LogP contribution in [-0.4, -0.2) is 71.7 Å². The number of carbonyl (C=O) groups excluding carboxylic acids is 1. The van der Waals surface area contributed by atoms with Gasteiger partial charge in [0.05, 0.1) is 0 Å². The lowest BCUT2D eigenvalue weighted by atomic mass is 10.3. The number of hydrogen-bond donors (Lipinski definition) is 1. The Hall–Kier alpha value is -1.83. The molecule has 1 saturated heterocycles. The second-order valence-electron chi connectivity index (χ2n) is 4.99. The van der Waals surface area contributed by atoms with Gasteiger partial charge in [-0.3, -0.25) is 4.79 Å². The van der Waals surface area contributed by atoms with Gasteiger partial charge in [0.25, 0.3) is 0 Å². The van der Waals surface area contributed by atoms with Crippen LogP contribution in [0.15, 0.2) is 11.6 Å². The van der Waals surface area contributed by atoms with Crippen LogP contribution in [0.3, 0.4) is 0 Å². The van der Waals surface area contributed by atoms with Gasteiger partial charge in [0, 0.05) is 57.8 Å². The molecule has 0 aromatic carbocycles. The lowest BCUT2D eigenvalue weighted by molar-refractivity contribution is -0.137. The van der Waals surface area contributed by atoms with Crippen molar-refractivity contribution >= 4 is 28.5 Å². The molecule has 1 aromatic heterocycles. The number of carboxylic acids is 1. The van der Waals surface area contributed by atoms with Crippen LogP contribution in [-0.2, 0) is 4.79 Å². The molecule has 8 heteroatoms. The fraction of sp³-hybridized carbons (Fsp3) is 0.615. The van der Waals surface area contributed by atoms with Crippen LogP contribution in [0.25, 0.3) is 0 Å². The maximum Gasteiger partial charge on any atom is 0.319 e. The molecule has 2 amide bonds. The molecule has 1 aliphatic rings. The van der Waals surface area contributed by atoms with Crippen molar-refractivity contribution in [1.29, 1.82) is 0 Å². The first-order chi connectivity index (χ1) is 10.1. The summed E-state index contributed by atoms with van der Waals surface area (Å²) in [5.41, 5.74) is 0. The summed E-state index contributed by atoms with van der Waals surface area (Å²) in [4.78, 5) is 32.6. The van der Waals surface area contributed by atoms with Crippen molar-refractivity contribution in [2.75, 3.05) is 44.7 Å². The average molecular weight is 312 g/mol. The van der Waals surface area contributed by atoms with E-state index in [1.165, 1.54) is 0 Å². The molecule has 1 aliphatic heterocycles. The number of hydrogen-bond acceptors (Lipinski definition) is 5. The molecular weight excluding hydrogens is 292 g/mol. The number of carboxylic acid groups (broad SMARTS) is 1. The largest absolute Gasteiger partial charge is 0.481 e. The number of piperazine rings is 1. The Morgan fingerprint density at radius 1 is 1.38 bits per heavy atom. The number of anilines is 1. The Morgan fingerprint density at radius 3 is 2.67 bits per heavy atom. The predicted octanol–water partition coefficient (Wildman–Crippen LogP) is 1.18. The van der Waals surface area contributed by atoms with Crippen LogP contribution in [0.5, 0.6) is 0 Å². The van der Waals surface area contributed by atoms with Gasteiger partial charge in [-0.15, -0.1) is 11.3 Å². The molecule has 0 spiro atoms. The molecule has 2 rings (SSSR count). The predicted molar refractivity (Wildman–Crippen MR) is 80.8 cm³/mol. The molecule has 0 bridgehead atoms. The Bertz CT molecular complexity index is 472. The molecule has 2 heterocycles. The topological polar surface area (TPSA) is 77.0 Å². The highest BCUT2D eigenvalue weighted by Gasteiger charge is 2.24. The molecule has 0 atom stereocenters. The van der Waals surface area contributed by atoms with Crippen molar-refractivity contribution in [3.05, 3.63) is 11.6 Å². The van der Waals surface area contributed by atoms with Gasteiger partial charge < -0.3 is 19.8 Å². The number of thiazole rings is 1. The first-order valence-electron chi connectivity index (χ1n) is 6.94. The SMILES string of the molecule is CN(CCCC(=O)O)C(=O)N1CCN(c2nccs2)CC1. The second kappa shape index (κ2) is 7.26. The maximum atomic E-state index is 12.2. The van der Waals surface area contributed by atoms with Crippen LogP contribution in [0.1, 0.15) is 12.8 Å². The molecule has 7 nitrogen and oxygen atoms in total. The summed E-state index contributed by atoms with van der Waals surface area (Å²) in [6.45, 7) is 3.37. The lowest BCUT2D eigenvalue weighted by Crippen LogP contribution is -2.52. The van der Waals surface area contributed by atoms with E-state index in [4.69, 9.17) is 5.11 Å². The Morgan fingerprint density at radius 2 is 2.10 bits per heavy atom. The summed E-state index contributed by atoms with van der Waals surface area (Å²) < 4.78 is 0. The maximum absolute atomic E-state index is 12.2. The van der Waals surface area contributed by atoms with Crippen LogP contribution in [0.4, 0.5) is 9.93 Å². The zero-order valence-electron chi connectivity index (χ0n) is 12.1. The Kier molecular flexibility index (Phi) is 5.38. The minimum atomic E-state index is -0.826. The van der Waals surface area contributed by atoms with Gasteiger partial charge in [-0.1, -0.05) is 0 Å². The summed E-state index contributed by atoms with van der Waals surface area (Å²) in [5.74, 6) is -0.826. The van der Waals surface area contributed by atoms with Gasteiger partial charge in [-0.2, -0.15) is 0 Å². The van der Waals surface area contributed by atoms with Crippen LogP contribution in [0, 0.1) is 0 Å². The van der Waals surface area contributed by atoms with E-state index in [2.05, 4.69) is 9.88 Å². The standard InChI is InChI=1S/C13H20N4O3S/c1-15(5-2-3-11(18)19)13(20)17-8-6-16(7-9-17)12-14-4-10-21-12/h4,10H,2-3,5-9H2,1H3,(H,18,19).